The highest BCUT2D eigenvalue weighted by molar-refractivity contribution is 7.85. The van der Waals surface area contributed by atoms with Gasteiger partial charge < -0.3 is 0 Å². The monoisotopic (exact) mass is 278 g/mol. The normalized spacial score (nSPS) is 12.3. The van der Waals surface area contributed by atoms with Gasteiger partial charge in [-0.1, -0.05) is 12.1 Å². The number of Topliss-reactive ketones (excluding diaryl/α,β-unsaturated/α-hetero) is 1. The highest BCUT2D eigenvalue weighted by Gasteiger charge is 2.13. The Morgan fingerprint density at radius 2 is 2.00 bits per heavy atom. The SMILES string of the molecule is Cc1cccc(S(=O)CC(=O)c2ccc(C)s2)c1. The van der Waals surface area contributed by atoms with Crippen molar-refractivity contribution in [3.8, 4) is 0 Å². The molecule has 1 heterocycles. The van der Waals surface area contributed by atoms with Crippen LogP contribution in [0.3, 0.4) is 0 Å². The summed E-state index contributed by atoms with van der Waals surface area (Å²) in [6, 6.07) is 11.2. The van der Waals surface area contributed by atoms with Crippen LogP contribution in [0, 0.1) is 13.8 Å². The van der Waals surface area contributed by atoms with Gasteiger partial charge in [-0.2, -0.15) is 0 Å². The summed E-state index contributed by atoms with van der Waals surface area (Å²) >= 11 is 1.45. The number of hydrogen-bond acceptors (Lipinski definition) is 3. The molecule has 2 rings (SSSR count). The molecule has 1 aromatic heterocycles. The molecule has 1 atom stereocenters. The topological polar surface area (TPSA) is 34.1 Å². The van der Waals surface area contributed by atoms with E-state index in [-0.39, 0.29) is 11.5 Å². The van der Waals surface area contributed by atoms with Crippen LogP contribution in [-0.4, -0.2) is 15.7 Å². The number of carbonyl (C=O) groups is 1. The molecule has 2 aromatic rings. The molecule has 0 amide bonds. The van der Waals surface area contributed by atoms with Gasteiger partial charge in [0.2, 0.25) is 0 Å². The first kappa shape index (κ1) is 13.2. The molecule has 0 fully saturated rings. The third-order valence-corrected chi connectivity index (χ3v) is 4.88. The minimum Gasteiger partial charge on any atom is -0.292 e. The summed E-state index contributed by atoms with van der Waals surface area (Å²) in [5.74, 6) is 0.0107. The zero-order valence-corrected chi connectivity index (χ0v) is 11.9. The van der Waals surface area contributed by atoms with Crippen molar-refractivity contribution >= 4 is 27.9 Å². The lowest BCUT2D eigenvalue weighted by atomic mass is 10.2. The van der Waals surface area contributed by atoms with Crippen molar-refractivity contribution in [1.29, 1.82) is 0 Å². The van der Waals surface area contributed by atoms with E-state index in [4.69, 9.17) is 0 Å². The quantitative estimate of drug-likeness (QED) is 0.804. The molecule has 0 aliphatic heterocycles. The maximum Gasteiger partial charge on any atom is 0.185 e. The molecule has 0 saturated carbocycles. The minimum absolute atomic E-state index is 0.0482. The maximum absolute atomic E-state index is 12.1. The first-order chi connectivity index (χ1) is 8.56. The Balaban J connectivity index is 2.10. The lowest BCUT2D eigenvalue weighted by molar-refractivity contribution is 0.102. The molecular weight excluding hydrogens is 264 g/mol. The Bertz CT molecular complexity index is 599. The maximum atomic E-state index is 12.1. The predicted octanol–water partition coefficient (Wildman–Crippen LogP) is 3.36. The third kappa shape index (κ3) is 3.15. The first-order valence-electron chi connectivity index (χ1n) is 5.61. The molecule has 0 bridgehead atoms. The summed E-state index contributed by atoms with van der Waals surface area (Å²) in [6.45, 7) is 3.91. The van der Waals surface area contributed by atoms with Gasteiger partial charge in [0.1, 0.15) is 0 Å². The second kappa shape index (κ2) is 5.59. The summed E-state index contributed by atoms with van der Waals surface area (Å²) in [5.41, 5.74) is 1.06. The molecule has 0 saturated heterocycles. The summed E-state index contributed by atoms with van der Waals surface area (Å²) < 4.78 is 12.1. The van der Waals surface area contributed by atoms with Crippen molar-refractivity contribution < 1.29 is 9.00 Å². The number of aryl methyl sites for hydroxylation is 2. The molecule has 94 valence electrons. The van der Waals surface area contributed by atoms with E-state index < -0.39 is 10.8 Å². The molecule has 1 unspecified atom stereocenters. The van der Waals surface area contributed by atoms with E-state index in [0.29, 0.717) is 4.88 Å². The molecule has 0 aliphatic carbocycles. The van der Waals surface area contributed by atoms with Crippen LogP contribution in [0.15, 0.2) is 41.3 Å². The van der Waals surface area contributed by atoms with E-state index in [0.717, 1.165) is 15.3 Å². The van der Waals surface area contributed by atoms with E-state index in [9.17, 15) is 9.00 Å². The molecule has 0 radical (unpaired) electrons. The van der Waals surface area contributed by atoms with Gasteiger partial charge >= 0.3 is 0 Å². The van der Waals surface area contributed by atoms with Crippen molar-refractivity contribution in [3.63, 3.8) is 0 Å². The molecule has 0 aliphatic rings. The van der Waals surface area contributed by atoms with Crippen LogP contribution in [0.25, 0.3) is 0 Å². The van der Waals surface area contributed by atoms with Crippen LogP contribution in [0.2, 0.25) is 0 Å². The number of ketones is 1. The number of benzene rings is 1. The van der Waals surface area contributed by atoms with Crippen LogP contribution in [-0.2, 0) is 10.8 Å². The Labute approximate surface area is 113 Å². The van der Waals surface area contributed by atoms with Crippen LogP contribution >= 0.6 is 11.3 Å². The number of hydrogen-bond donors (Lipinski definition) is 0. The van der Waals surface area contributed by atoms with Crippen molar-refractivity contribution in [2.45, 2.75) is 18.7 Å². The molecule has 1 aromatic carbocycles. The summed E-state index contributed by atoms with van der Waals surface area (Å²) in [5, 5.41) is 0. The van der Waals surface area contributed by atoms with Crippen molar-refractivity contribution in [3.05, 3.63) is 51.7 Å². The fourth-order valence-electron chi connectivity index (χ4n) is 1.61. The lowest BCUT2D eigenvalue weighted by Crippen LogP contribution is -2.09. The Hall–Kier alpha value is -1.26. The van der Waals surface area contributed by atoms with E-state index in [1.807, 2.05) is 38.1 Å². The highest BCUT2D eigenvalue weighted by Crippen LogP contribution is 2.17. The van der Waals surface area contributed by atoms with Crippen molar-refractivity contribution in [2.24, 2.45) is 0 Å². The van der Waals surface area contributed by atoms with Gasteiger partial charge in [0.25, 0.3) is 0 Å². The Morgan fingerprint density at radius 3 is 2.61 bits per heavy atom. The van der Waals surface area contributed by atoms with Crippen LogP contribution in [0.1, 0.15) is 20.1 Å². The van der Waals surface area contributed by atoms with E-state index in [1.54, 1.807) is 12.1 Å². The zero-order valence-electron chi connectivity index (χ0n) is 10.3. The number of thiophene rings is 1. The van der Waals surface area contributed by atoms with Gasteiger partial charge in [-0.05, 0) is 43.7 Å². The fourth-order valence-corrected chi connectivity index (χ4v) is 3.62. The molecule has 0 spiro atoms. The second-order valence-electron chi connectivity index (χ2n) is 4.14. The van der Waals surface area contributed by atoms with Gasteiger partial charge in [-0.3, -0.25) is 9.00 Å². The van der Waals surface area contributed by atoms with Crippen molar-refractivity contribution in [2.75, 3.05) is 5.75 Å². The van der Waals surface area contributed by atoms with E-state index >= 15 is 0 Å². The van der Waals surface area contributed by atoms with Gasteiger partial charge in [0, 0.05) is 9.77 Å². The Kier molecular flexibility index (Phi) is 4.09. The van der Waals surface area contributed by atoms with E-state index in [1.165, 1.54) is 11.3 Å². The highest BCUT2D eigenvalue weighted by atomic mass is 32.2. The fraction of sp³-hybridized carbons (Fsp3) is 0.214. The molecular formula is C14H14O2S2. The third-order valence-electron chi connectivity index (χ3n) is 2.53. The molecule has 18 heavy (non-hydrogen) atoms. The average molecular weight is 278 g/mol. The molecule has 4 heteroatoms. The van der Waals surface area contributed by atoms with Crippen LogP contribution < -0.4 is 0 Å². The van der Waals surface area contributed by atoms with Gasteiger partial charge in [-0.15, -0.1) is 11.3 Å². The summed E-state index contributed by atoms with van der Waals surface area (Å²) in [6.07, 6.45) is 0. The standard InChI is InChI=1S/C14H14O2S2/c1-10-4-3-5-12(8-10)18(16)9-13(15)14-7-6-11(2)17-14/h3-8H,9H2,1-2H3. The summed E-state index contributed by atoms with van der Waals surface area (Å²) in [7, 11) is -1.26. The average Bonchev–Trinajstić information content (AvgIpc) is 2.76. The number of carbonyl (C=O) groups excluding carboxylic acids is 1. The zero-order chi connectivity index (χ0) is 13.1. The van der Waals surface area contributed by atoms with Crippen LogP contribution in [0.5, 0.6) is 0 Å². The van der Waals surface area contributed by atoms with Gasteiger partial charge in [-0.25, -0.2) is 0 Å². The Morgan fingerprint density at radius 1 is 1.22 bits per heavy atom. The van der Waals surface area contributed by atoms with Crippen molar-refractivity contribution in [1.82, 2.24) is 0 Å². The molecule has 0 N–H and O–H groups in total. The van der Waals surface area contributed by atoms with Gasteiger partial charge in [0.15, 0.2) is 5.78 Å². The summed E-state index contributed by atoms with van der Waals surface area (Å²) in [4.78, 5) is 14.4. The van der Waals surface area contributed by atoms with Gasteiger partial charge in [0.05, 0.1) is 21.4 Å². The second-order valence-corrected chi connectivity index (χ2v) is 6.88. The predicted molar refractivity (Wildman–Crippen MR) is 75.8 cm³/mol. The van der Waals surface area contributed by atoms with E-state index in [2.05, 4.69) is 0 Å². The first-order valence-corrected chi connectivity index (χ1v) is 7.74. The van der Waals surface area contributed by atoms with Crippen LogP contribution in [0.4, 0.5) is 0 Å². The minimum atomic E-state index is -1.26. The largest absolute Gasteiger partial charge is 0.292 e. The number of rotatable bonds is 4. The molecule has 2 nitrogen and oxygen atoms in total. The lowest BCUT2D eigenvalue weighted by Gasteiger charge is -2.01. The smallest absolute Gasteiger partial charge is 0.185 e.